The van der Waals surface area contributed by atoms with Crippen molar-refractivity contribution in [1.29, 1.82) is 0 Å². The lowest BCUT2D eigenvalue weighted by Gasteiger charge is -2.17. The van der Waals surface area contributed by atoms with Crippen molar-refractivity contribution < 1.29 is 9.90 Å². The Hall–Kier alpha value is -1.85. The van der Waals surface area contributed by atoms with Crippen molar-refractivity contribution in [3.8, 4) is 0 Å². The average Bonchev–Trinajstić information content (AvgIpc) is 2.32. The molecule has 0 aromatic carbocycles. The molecule has 0 unspecified atom stereocenters. The minimum absolute atomic E-state index is 0.165. The van der Waals surface area contributed by atoms with Crippen LogP contribution in [0.25, 0.3) is 0 Å². The van der Waals surface area contributed by atoms with Crippen LogP contribution in [0.1, 0.15) is 25.6 Å². The zero-order chi connectivity index (χ0) is 13.5. The van der Waals surface area contributed by atoms with Crippen molar-refractivity contribution in [2.24, 2.45) is 0 Å². The zero-order valence-electron chi connectivity index (χ0n) is 11.1. The Morgan fingerprint density at radius 3 is 2.83 bits per heavy atom. The fourth-order valence-corrected chi connectivity index (χ4v) is 1.46. The molecule has 0 saturated carbocycles. The lowest BCUT2D eigenvalue weighted by atomic mass is 10.3. The van der Waals surface area contributed by atoms with Crippen LogP contribution in [-0.2, 0) is 4.79 Å². The molecule has 18 heavy (non-hydrogen) atoms. The number of aliphatic carboxylic acids is 1. The maximum atomic E-state index is 10.4. The van der Waals surface area contributed by atoms with Crippen LogP contribution in [0.15, 0.2) is 6.07 Å². The molecule has 0 aliphatic rings. The Bertz CT molecular complexity index is 409. The van der Waals surface area contributed by atoms with E-state index in [0.717, 1.165) is 18.2 Å². The van der Waals surface area contributed by atoms with E-state index in [0.29, 0.717) is 18.8 Å². The van der Waals surface area contributed by atoms with Gasteiger partial charge in [0.25, 0.3) is 0 Å². The highest BCUT2D eigenvalue weighted by Gasteiger charge is 2.05. The van der Waals surface area contributed by atoms with Gasteiger partial charge in [0.2, 0.25) is 0 Å². The Morgan fingerprint density at radius 1 is 1.50 bits per heavy atom. The molecule has 2 N–H and O–H groups in total. The van der Waals surface area contributed by atoms with Crippen molar-refractivity contribution in [3.63, 3.8) is 0 Å². The van der Waals surface area contributed by atoms with E-state index < -0.39 is 5.97 Å². The molecule has 0 radical (unpaired) electrons. The Morgan fingerprint density at radius 2 is 2.22 bits per heavy atom. The van der Waals surface area contributed by atoms with Crippen molar-refractivity contribution >= 4 is 17.6 Å². The smallest absolute Gasteiger partial charge is 0.303 e. The van der Waals surface area contributed by atoms with E-state index in [1.165, 1.54) is 0 Å². The highest BCUT2D eigenvalue weighted by atomic mass is 16.4. The first-order valence-corrected chi connectivity index (χ1v) is 6.05. The molecule has 1 aromatic rings. The van der Waals surface area contributed by atoms with Gasteiger partial charge in [-0.15, -0.1) is 0 Å². The predicted octanol–water partition coefficient (Wildman–Crippen LogP) is 1.52. The van der Waals surface area contributed by atoms with Crippen LogP contribution < -0.4 is 10.2 Å². The third kappa shape index (κ3) is 4.57. The summed E-state index contributed by atoms with van der Waals surface area (Å²) in [6, 6.07) is 1.87. The van der Waals surface area contributed by atoms with Crippen LogP contribution >= 0.6 is 0 Å². The van der Waals surface area contributed by atoms with E-state index in [4.69, 9.17) is 5.11 Å². The Kier molecular flexibility index (Phi) is 5.35. The number of nitrogens with zero attached hydrogens (tertiary/aromatic N) is 3. The maximum Gasteiger partial charge on any atom is 0.303 e. The molecular weight excluding hydrogens is 232 g/mol. The standard InChI is InChI=1S/C12H20N4O2/c1-4-16(3)11-8-10(14-9(2)15-11)13-7-5-6-12(17)18/h8H,4-7H2,1-3H3,(H,17,18)(H,13,14,15). The minimum atomic E-state index is -0.776. The van der Waals surface area contributed by atoms with Crippen LogP contribution in [-0.4, -0.2) is 41.2 Å². The first-order chi connectivity index (χ1) is 8.52. The zero-order valence-corrected chi connectivity index (χ0v) is 11.1. The summed E-state index contributed by atoms with van der Waals surface area (Å²) in [6.07, 6.45) is 0.746. The van der Waals surface area contributed by atoms with Gasteiger partial charge in [0.15, 0.2) is 0 Å². The van der Waals surface area contributed by atoms with Gasteiger partial charge in [-0.05, 0) is 20.3 Å². The summed E-state index contributed by atoms with van der Waals surface area (Å²) in [5.74, 6) is 1.53. The third-order valence-electron chi connectivity index (χ3n) is 2.56. The van der Waals surface area contributed by atoms with Gasteiger partial charge in [-0.3, -0.25) is 4.79 Å². The summed E-state index contributed by atoms with van der Waals surface area (Å²) in [7, 11) is 1.97. The summed E-state index contributed by atoms with van der Waals surface area (Å²) >= 11 is 0. The second-order valence-electron chi connectivity index (χ2n) is 4.10. The molecular formula is C12H20N4O2. The number of anilines is 2. The number of hydrogen-bond acceptors (Lipinski definition) is 5. The van der Waals surface area contributed by atoms with Crippen molar-refractivity contribution in [2.45, 2.75) is 26.7 Å². The molecule has 1 aromatic heterocycles. The summed E-state index contributed by atoms with van der Waals surface area (Å²) in [6.45, 7) is 5.36. The number of aryl methyl sites for hydroxylation is 1. The highest BCUT2D eigenvalue weighted by Crippen LogP contribution is 2.14. The van der Waals surface area contributed by atoms with Crippen molar-refractivity contribution in [3.05, 3.63) is 11.9 Å². The maximum absolute atomic E-state index is 10.4. The summed E-state index contributed by atoms with van der Waals surface area (Å²) in [5, 5.41) is 11.7. The number of carboxylic acid groups (broad SMARTS) is 1. The van der Waals surface area contributed by atoms with Crippen LogP contribution in [0.3, 0.4) is 0 Å². The Labute approximate surface area is 107 Å². The van der Waals surface area contributed by atoms with E-state index in [-0.39, 0.29) is 6.42 Å². The van der Waals surface area contributed by atoms with Crippen LogP contribution in [0.5, 0.6) is 0 Å². The van der Waals surface area contributed by atoms with Gasteiger partial charge in [0.1, 0.15) is 17.5 Å². The summed E-state index contributed by atoms with van der Waals surface area (Å²) in [5.41, 5.74) is 0. The summed E-state index contributed by atoms with van der Waals surface area (Å²) in [4.78, 5) is 21.0. The molecule has 1 heterocycles. The second-order valence-corrected chi connectivity index (χ2v) is 4.10. The number of carbonyl (C=O) groups is 1. The lowest BCUT2D eigenvalue weighted by Crippen LogP contribution is -2.18. The first kappa shape index (κ1) is 14.2. The molecule has 6 heteroatoms. The fraction of sp³-hybridized carbons (Fsp3) is 0.583. The molecule has 0 aliphatic heterocycles. The van der Waals surface area contributed by atoms with E-state index in [9.17, 15) is 4.79 Å². The number of rotatable bonds is 7. The molecule has 6 nitrogen and oxygen atoms in total. The number of hydrogen-bond donors (Lipinski definition) is 2. The van der Waals surface area contributed by atoms with Gasteiger partial charge in [-0.25, -0.2) is 9.97 Å². The SMILES string of the molecule is CCN(C)c1cc(NCCCC(=O)O)nc(C)n1. The molecule has 0 atom stereocenters. The van der Waals surface area contributed by atoms with Crippen molar-refractivity contribution in [1.82, 2.24) is 9.97 Å². The summed E-state index contributed by atoms with van der Waals surface area (Å²) < 4.78 is 0. The van der Waals surface area contributed by atoms with Crippen molar-refractivity contribution in [2.75, 3.05) is 30.4 Å². The van der Waals surface area contributed by atoms with E-state index in [2.05, 4.69) is 22.2 Å². The van der Waals surface area contributed by atoms with Gasteiger partial charge < -0.3 is 15.3 Å². The molecule has 1 rings (SSSR count). The lowest BCUT2D eigenvalue weighted by molar-refractivity contribution is -0.137. The highest BCUT2D eigenvalue weighted by molar-refractivity contribution is 5.66. The Balaban J connectivity index is 2.60. The molecule has 0 bridgehead atoms. The normalized spacial score (nSPS) is 10.2. The minimum Gasteiger partial charge on any atom is -0.481 e. The van der Waals surface area contributed by atoms with E-state index in [1.807, 2.05) is 24.9 Å². The third-order valence-corrected chi connectivity index (χ3v) is 2.56. The number of nitrogens with one attached hydrogen (secondary N) is 1. The van der Waals surface area contributed by atoms with Crippen LogP contribution in [0, 0.1) is 6.92 Å². The molecule has 0 fully saturated rings. The van der Waals surface area contributed by atoms with Gasteiger partial charge in [0, 0.05) is 32.6 Å². The largest absolute Gasteiger partial charge is 0.481 e. The van der Waals surface area contributed by atoms with Crippen LogP contribution in [0.2, 0.25) is 0 Å². The molecule has 0 spiro atoms. The van der Waals surface area contributed by atoms with Gasteiger partial charge >= 0.3 is 5.97 Å². The second kappa shape index (κ2) is 6.78. The number of aromatic nitrogens is 2. The average molecular weight is 252 g/mol. The van der Waals surface area contributed by atoms with Gasteiger partial charge in [-0.1, -0.05) is 0 Å². The number of carboxylic acids is 1. The van der Waals surface area contributed by atoms with Crippen LogP contribution in [0.4, 0.5) is 11.6 Å². The topological polar surface area (TPSA) is 78.4 Å². The monoisotopic (exact) mass is 252 g/mol. The van der Waals surface area contributed by atoms with Gasteiger partial charge in [-0.2, -0.15) is 0 Å². The molecule has 0 saturated heterocycles. The van der Waals surface area contributed by atoms with Gasteiger partial charge in [0.05, 0.1) is 0 Å². The van der Waals surface area contributed by atoms with E-state index >= 15 is 0 Å². The fourth-order valence-electron chi connectivity index (χ4n) is 1.46. The molecule has 0 amide bonds. The molecule has 0 aliphatic carbocycles. The first-order valence-electron chi connectivity index (χ1n) is 6.05. The predicted molar refractivity (Wildman–Crippen MR) is 71.1 cm³/mol. The molecule has 100 valence electrons. The van der Waals surface area contributed by atoms with E-state index in [1.54, 1.807) is 0 Å². The quantitative estimate of drug-likeness (QED) is 0.716.